The molecule has 1 atom stereocenters. The Morgan fingerprint density at radius 3 is 2.56 bits per heavy atom. The molecule has 0 unspecified atom stereocenters. The van der Waals surface area contributed by atoms with Gasteiger partial charge in [0, 0.05) is 23.2 Å². The summed E-state index contributed by atoms with van der Waals surface area (Å²) < 4.78 is 0.899. The largest absolute Gasteiger partial charge is 0.395 e. The second kappa shape index (κ2) is 6.23. The average molecular weight is 288 g/mol. The van der Waals surface area contributed by atoms with E-state index in [1.54, 1.807) is 6.92 Å². The molecule has 0 aliphatic rings. The summed E-state index contributed by atoms with van der Waals surface area (Å²) >= 11 is 3.45. The van der Waals surface area contributed by atoms with Gasteiger partial charge in [0.1, 0.15) is 0 Å². The van der Waals surface area contributed by atoms with Crippen LogP contribution < -0.4 is 4.90 Å². The van der Waals surface area contributed by atoms with Crippen LogP contribution in [0.1, 0.15) is 25.5 Å². The Bertz CT molecular complexity index is 342. The molecule has 0 radical (unpaired) electrons. The van der Waals surface area contributed by atoms with Gasteiger partial charge in [-0.3, -0.25) is 0 Å². The Balaban J connectivity index is 2.95. The van der Waals surface area contributed by atoms with Gasteiger partial charge in [0.05, 0.1) is 12.7 Å². The molecule has 0 saturated carbocycles. The van der Waals surface area contributed by atoms with Crippen LogP contribution in [0.5, 0.6) is 0 Å². The van der Waals surface area contributed by atoms with Crippen molar-refractivity contribution in [1.29, 1.82) is 0 Å². The number of nitrogens with zero attached hydrogens (tertiary/aromatic N) is 1. The minimum Gasteiger partial charge on any atom is -0.395 e. The average Bonchev–Trinajstić information content (AvgIpc) is 2.25. The van der Waals surface area contributed by atoms with Crippen molar-refractivity contribution in [2.24, 2.45) is 0 Å². The summed E-state index contributed by atoms with van der Waals surface area (Å²) in [6, 6.07) is 5.84. The smallest absolute Gasteiger partial charge is 0.0772 e. The quantitative estimate of drug-likeness (QED) is 0.874. The van der Waals surface area contributed by atoms with Crippen LogP contribution in [0.2, 0.25) is 0 Å². The second-order valence-electron chi connectivity index (χ2n) is 3.69. The molecule has 2 N–H and O–H groups in total. The van der Waals surface area contributed by atoms with Crippen LogP contribution in [-0.4, -0.2) is 29.9 Å². The van der Waals surface area contributed by atoms with Crippen LogP contribution >= 0.6 is 15.9 Å². The van der Waals surface area contributed by atoms with Crippen LogP contribution in [0.15, 0.2) is 22.7 Å². The lowest BCUT2D eigenvalue weighted by Gasteiger charge is -2.23. The van der Waals surface area contributed by atoms with Crippen LogP contribution in [0.3, 0.4) is 0 Å². The summed E-state index contributed by atoms with van der Waals surface area (Å²) in [5.74, 6) is 0. The SMILES string of the molecule is CCN(CCO)c1ccc([C@H](C)O)c(Br)c1. The maximum Gasteiger partial charge on any atom is 0.0772 e. The topological polar surface area (TPSA) is 43.7 Å². The van der Waals surface area contributed by atoms with Gasteiger partial charge in [-0.2, -0.15) is 0 Å². The third kappa shape index (κ3) is 3.20. The molecule has 3 nitrogen and oxygen atoms in total. The van der Waals surface area contributed by atoms with Gasteiger partial charge in [-0.25, -0.2) is 0 Å². The van der Waals surface area contributed by atoms with Crippen molar-refractivity contribution in [3.05, 3.63) is 28.2 Å². The van der Waals surface area contributed by atoms with E-state index in [0.29, 0.717) is 6.54 Å². The first-order valence-corrected chi connectivity index (χ1v) is 6.22. The van der Waals surface area contributed by atoms with Gasteiger partial charge >= 0.3 is 0 Å². The summed E-state index contributed by atoms with van der Waals surface area (Å²) in [4.78, 5) is 2.08. The molecule has 1 aromatic carbocycles. The van der Waals surface area contributed by atoms with Crippen molar-refractivity contribution in [2.75, 3.05) is 24.6 Å². The lowest BCUT2D eigenvalue weighted by atomic mass is 10.1. The molecular formula is C12H18BrNO2. The van der Waals surface area contributed by atoms with E-state index in [2.05, 4.69) is 20.8 Å². The molecule has 1 aromatic rings. The zero-order valence-corrected chi connectivity index (χ0v) is 11.2. The number of anilines is 1. The molecule has 0 spiro atoms. The predicted molar refractivity (Wildman–Crippen MR) is 69.7 cm³/mol. The summed E-state index contributed by atoms with van der Waals surface area (Å²) in [5, 5.41) is 18.5. The second-order valence-corrected chi connectivity index (χ2v) is 4.54. The summed E-state index contributed by atoms with van der Waals surface area (Å²) in [6.45, 7) is 5.40. The molecule has 0 fully saturated rings. The van der Waals surface area contributed by atoms with Gasteiger partial charge in [-0.05, 0) is 31.5 Å². The highest BCUT2D eigenvalue weighted by Gasteiger charge is 2.09. The normalized spacial score (nSPS) is 12.6. The number of hydrogen-bond donors (Lipinski definition) is 2. The molecule has 16 heavy (non-hydrogen) atoms. The molecule has 0 aliphatic carbocycles. The summed E-state index contributed by atoms with van der Waals surface area (Å²) in [5.41, 5.74) is 1.93. The van der Waals surface area contributed by atoms with Crippen LogP contribution in [0.25, 0.3) is 0 Å². The first kappa shape index (κ1) is 13.5. The Hall–Kier alpha value is -0.580. The van der Waals surface area contributed by atoms with E-state index in [9.17, 15) is 5.11 Å². The number of likely N-dealkylation sites (N-methyl/N-ethyl adjacent to an activating group) is 1. The minimum atomic E-state index is -0.476. The zero-order chi connectivity index (χ0) is 12.1. The van der Waals surface area contributed by atoms with Gasteiger partial charge in [0.25, 0.3) is 0 Å². The van der Waals surface area contributed by atoms with Gasteiger partial charge in [-0.1, -0.05) is 22.0 Å². The maximum absolute atomic E-state index is 9.51. The predicted octanol–water partition coefficient (Wildman–Crippen LogP) is 2.32. The number of aliphatic hydroxyl groups excluding tert-OH is 2. The van der Waals surface area contributed by atoms with Crippen molar-refractivity contribution < 1.29 is 10.2 Å². The fraction of sp³-hybridized carbons (Fsp3) is 0.500. The lowest BCUT2D eigenvalue weighted by Crippen LogP contribution is -2.26. The van der Waals surface area contributed by atoms with E-state index >= 15 is 0 Å². The number of aliphatic hydroxyl groups is 2. The Morgan fingerprint density at radius 1 is 1.44 bits per heavy atom. The third-order valence-corrected chi connectivity index (χ3v) is 3.24. The van der Waals surface area contributed by atoms with Crippen molar-refractivity contribution >= 4 is 21.6 Å². The standard InChI is InChI=1S/C12H18BrNO2/c1-3-14(6-7-15)10-4-5-11(9(2)16)12(13)8-10/h4-5,8-9,15-16H,3,6-7H2,1-2H3/t9-/m0/s1. The van der Waals surface area contributed by atoms with E-state index in [1.807, 2.05) is 25.1 Å². The molecule has 0 heterocycles. The van der Waals surface area contributed by atoms with Crippen molar-refractivity contribution in [3.8, 4) is 0 Å². The van der Waals surface area contributed by atoms with Crippen LogP contribution in [0.4, 0.5) is 5.69 Å². The van der Waals surface area contributed by atoms with Gasteiger partial charge in [0.15, 0.2) is 0 Å². The molecule has 0 aliphatic heterocycles. The number of halogens is 1. The summed E-state index contributed by atoms with van der Waals surface area (Å²) in [7, 11) is 0. The molecular weight excluding hydrogens is 270 g/mol. The van der Waals surface area contributed by atoms with E-state index in [0.717, 1.165) is 22.3 Å². The first-order valence-electron chi connectivity index (χ1n) is 5.43. The Kier molecular flexibility index (Phi) is 5.25. The zero-order valence-electron chi connectivity index (χ0n) is 9.65. The monoisotopic (exact) mass is 287 g/mol. The lowest BCUT2D eigenvalue weighted by molar-refractivity contribution is 0.198. The van der Waals surface area contributed by atoms with Crippen molar-refractivity contribution in [2.45, 2.75) is 20.0 Å². The Labute approximate surface area is 105 Å². The first-order chi connectivity index (χ1) is 7.60. The Morgan fingerprint density at radius 2 is 2.12 bits per heavy atom. The summed E-state index contributed by atoms with van der Waals surface area (Å²) in [6.07, 6.45) is -0.476. The van der Waals surface area contributed by atoms with E-state index in [1.165, 1.54) is 0 Å². The fourth-order valence-electron chi connectivity index (χ4n) is 1.64. The number of hydrogen-bond acceptors (Lipinski definition) is 3. The molecule has 4 heteroatoms. The van der Waals surface area contributed by atoms with Crippen LogP contribution in [0, 0.1) is 0 Å². The van der Waals surface area contributed by atoms with Crippen molar-refractivity contribution in [1.82, 2.24) is 0 Å². The highest BCUT2D eigenvalue weighted by atomic mass is 79.9. The molecule has 90 valence electrons. The maximum atomic E-state index is 9.51. The van der Waals surface area contributed by atoms with Crippen molar-refractivity contribution in [3.63, 3.8) is 0 Å². The molecule has 1 rings (SSSR count). The number of benzene rings is 1. The molecule has 0 bridgehead atoms. The van der Waals surface area contributed by atoms with Gasteiger partial charge in [-0.15, -0.1) is 0 Å². The van der Waals surface area contributed by atoms with E-state index in [4.69, 9.17) is 5.11 Å². The molecule has 0 aromatic heterocycles. The third-order valence-electron chi connectivity index (χ3n) is 2.55. The van der Waals surface area contributed by atoms with E-state index in [-0.39, 0.29) is 6.61 Å². The molecule has 0 amide bonds. The van der Waals surface area contributed by atoms with Crippen LogP contribution in [-0.2, 0) is 0 Å². The highest BCUT2D eigenvalue weighted by molar-refractivity contribution is 9.10. The van der Waals surface area contributed by atoms with Gasteiger partial charge < -0.3 is 15.1 Å². The molecule has 0 saturated heterocycles. The minimum absolute atomic E-state index is 0.142. The van der Waals surface area contributed by atoms with Gasteiger partial charge in [0.2, 0.25) is 0 Å². The van der Waals surface area contributed by atoms with E-state index < -0.39 is 6.10 Å². The highest BCUT2D eigenvalue weighted by Crippen LogP contribution is 2.28. The number of rotatable bonds is 5. The fourth-order valence-corrected chi connectivity index (χ4v) is 2.34.